The molecule has 0 aliphatic carbocycles. The van der Waals surface area contributed by atoms with Gasteiger partial charge in [0.2, 0.25) is 0 Å². The van der Waals surface area contributed by atoms with E-state index in [1.807, 2.05) is 18.2 Å². The van der Waals surface area contributed by atoms with Crippen molar-refractivity contribution in [3.63, 3.8) is 0 Å². The number of halogens is 2. The Hall–Kier alpha value is -1.63. The second kappa shape index (κ2) is 6.24. The first-order chi connectivity index (χ1) is 10.6. The Morgan fingerprint density at radius 3 is 2.91 bits per heavy atom. The molecule has 0 fully saturated rings. The first-order valence-electron chi connectivity index (χ1n) is 6.28. The van der Waals surface area contributed by atoms with E-state index >= 15 is 0 Å². The molecule has 0 saturated carbocycles. The number of fused-ring (bicyclic) bond motifs is 1. The summed E-state index contributed by atoms with van der Waals surface area (Å²) in [6.07, 6.45) is 0. The molecule has 3 aromatic rings. The summed E-state index contributed by atoms with van der Waals surface area (Å²) in [6.45, 7) is 0. The maximum absolute atomic E-state index is 12.3. The van der Waals surface area contributed by atoms with E-state index in [9.17, 15) is 4.79 Å². The van der Waals surface area contributed by atoms with Crippen molar-refractivity contribution in [1.82, 2.24) is 4.98 Å². The van der Waals surface area contributed by atoms with Crippen LogP contribution in [0.1, 0.15) is 10.4 Å². The lowest BCUT2D eigenvalue weighted by molar-refractivity contribution is 0.102. The zero-order chi connectivity index (χ0) is 15.7. The molecule has 3 rings (SSSR count). The van der Waals surface area contributed by atoms with Gasteiger partial charge in [-0.1, -0.05) is 38.9 Å². The highest BCUT2D eigenvalue weighted by Gasteiger charge is 2.13. The minimum absolute atomic E-state index is 0.294. The molecule has 0 spiro atoms. The molecular weight excluding hydrogens is 388 g/mol. The number of anilines is 1. The van der Waals surface area contributed by atoms with E-state index in [-0.39, 0.29) is 5.91 Å². The number of benzene rings is 2. The summed E-state index contributed by atoms with van der Waals surface area (Å²) >= 11 is 10.8. The van der Waals surface area contributed by atoms with Gasteiger partial charge in [0, 0.05) is 4.47 Å². The number of carbonyl (C=O) groups is 1. The van der Waals surface area contributed by atoms with Crippen LogP contribution in [-0.2, 0) is 0 Å². The maximum atomic E-state index is 12.3. The van der Waals surface area contributed by atoms with Gasteiger partial charge in [0.15, 0.2) is 5.13 Å². The molecule has 0 atom stereocenters. The molecule has 0 radical (unpaired) electrons. The third-order valence-corrected chi connectivity index (χ3v) is 4.75. The maximum Gasteiger partial charge on any atom is 0.258 e. The van der Waals surface area contributed by atoms with Crippen molar-refractivity contribution in [2.45, 2.75) is 0 Å². The van der Waals surface area contributed by atoms with E-state index in [0.717, 1.165) is 20.4 Å². The van der Waals surface area contributed by atoms with Gasteiger partial charge in [-0.3, -0.25) is 10.1 Å². The molecule has 1 aromatic heterocycles. The van der Waals surface area contributed by atoms with Gasteiger partial charge in [0.05, 0.1) is 27.9 Å². The van der Waals surface area contributed by atoms with Crippen molar-refractivity contribution < 1.29 is 9.53 Å². The van der Waals surface area contributed by atoms with Gasteiger partial charge in [-0.15, -0.1) is 0 Å². The highest BCUT2D eigenvalue weighted by Crippen LogP contribution is 2.30. The van der Waals surface area contributed by atoms with Crippen LogP contribution in [0.15, 0.2) is 40.9 Å². The molecule has 1 amide bonds. The van der Waals surface area contributed by atoms with Gasteiger partial charge in [0.1, 0.15) is 5.75 Å². The van der Waals surface area contributed by atoms with Gasteiger partial charge in [0.25, 0.3) is 5.91 Å². The molecule has 112 valence electrons. The lowest BCUT2D eigenvalue weighted by atomic mass is 10.2. The number of carbonyl (C=O) groups excluding carboxylic acids is 1. The van der Waals surface area contributed by atoms with Crippen LogP contribution in [-0.4, -0.2) is 18.0 Å². The second-order valence-electron chi connectivity index (χ2n) is 4.43. The molecule has 4 nitrogen and oxygen atoms in total. The normalized spacial score (nSPS) is 10.7. The van der Waals surface area contributed by atoms with Crippen LogP contribution in [0.2, 0.25) is 5.02 Å². The number of hydrogen-bond donors (Lipinski definition) is 1. The molecule has 1 heterocycles. The molecular formula is C15H10BrClN2O2S. The Balaban J connectivity index is 1.89. The number of nitrogens with one attached hydrogen (secondary N) is 1. The Kier molecular flexibility index (Phi) is 4.33. The van der Waals surface area contributed by atoms with E-state index in [0.29, 0.717) is 15.7 Å². The van der Waals surface area contributed by atoms with Crippen molar-refractivity contribution in [3.05, 3.63) is 51.5 Å². The number of methoxy groups -OCH3 is 1. The Labute approximate surface area is 144 Å². The third-order valence-electron chi connectivity index (χ3n) is 2.99. The van der Waals surface area contributed by atoms with E-state index in [2.05, 4.69) is 26.2 Å². The van der Waals surface area contributed by atoms with Crippen LogP contribution in [0.4, 0.5) is 5.13 Å². The summed E-state index contributed by atoms with van der Waals surface area (Å²) in [5.41, 5.74) is 1.20. The van der Waals surface area contributed by atoms with E-state index in [4.69, 9.17) is 16.3 Å². The molecule has 0 saturated heterocycles. The fourth-order valence-corrected chi connectivity index (χ4v) is 3.38. The molecule has 0 aliphatic rings. The van der Waals surface area contributed by atoms with Crippen LogP contribution in [0.25, 0.3) is 10.2 Å². The van der Waals surface area contributed by atoms with Gasteiger partial charge >= 0.3 is 0 Å². The van der Waals surface area contributed by atoms with Gasteiger partial charge in [-0.2, -0.15) is 0 Å². The average molecular weight is 398 g/mol. The highest BCUT2D eigenvalue weighted by molar-refractivity contribution is 9.10. The topological polar surface area (TPSA) is 51.2 Å². The van der Waals surface area contributed by atoms with Crippen LogP contribution in [0, 0.1) is 0 Å². The minimum Gasteiger partial charge on any atom is -0.497 e. The predicted molar refractivity (Wildman–Crippen MR) is 93.3 cm³/mol. The molecule has 2 aromatic carbocycles. The average Bonchev–Trinajstić information content (AvgIpc) is 2.90. The summed E-state index contributed by atoms with van der Waals surface area (Å²) in [4.78, 5) is 16.7. The van der Waals surface area contributed by atoms with Crippen molar-refractivity contribution in [3.8, 4) is 5.75 Å². The van der Waals surface area contributed by atoms with Gasteiger partial charge in [-0.25, -0.2) is 4.98 Å². The van der Waals surface area contributed by atoms with Crippen LogP contribution in [0.3, 0.4) is 0 Å². The Morgan fingerprint density at radius 1 is 1.32 bits per heavy atom. The summed E-state index contributed by atoms with van der Waals surface area (Å²) in [7, 11) is 1.61. The smallest absolute Gasteiger partial charge is 0.258 e. The SMILES string of the molecule is COc1ccc2nc(NC(=O)c3cc(Br)ccc3Cl)sc2c1. The van der Waals surface area contributed by atoms with Crippen LogP contribution < -0.4 is 10.1 Å². The van der Waals surface area contributed by atoms with Crippen LogP contribution in [0.5, 0.6) is 5.75 Å². The Bertz CT molecular complexity index is 866. The first-order valence-corrected chi connectivity index (χ1v) is 8.26. The zero-order valence-electron chi connectivity index (χ0n) is 11.4. The predicted octanol–water partition coefficient (Wildman–Crippen LogP) is 4.97. The van der Waals surface area contributed by atoms with E-state index < -0.39 is 0 Å². The van der Waals surface area contributed by atoms with Crippen molar-refractivity contribution in [2.75, 3.05) is 12.4 Å². The number of rotatable bonds is 3. The number of aromatic nitrogens is 1. The number of thiazole rings is 1. The molecule has 0 bridgehead atoms. The molecule has 7 heteroatoms. The Morgan fingerprint density at radius 2 is 2.14 bits per heavy atom. The van der Waals surface area contributed by atoms with E-state index in [1.54, 1.807) is 25.3 Å². The molecule has 0 aliphatic heterocycles. The highest BCUT2D eigenvalue weighted by atomic mass is 79.9. The molecule has 0 unspecified atom stereocenters. The molecule has 22 heavy (non-hydrogen) atoms. The van der Waals surface area contributed by atoms with Crippen molar-refractivity contribution in [1.29, 1.82) is 0 Å². The fraction of sp³-hybridized carbons (Fsp3) is 0.0667. The fourth-order valence-electron chi connectivity index (χ4n) is 1.92. The summed E-state index contributed by atoms with van der Waals surface area (Å²) in [6, 6.07) is 10.7. The van der Waals surface area contributed by atoms with Gasteiger partial charge < -0.3 is 4.74 Å². The number of amides is 1. The minimum atomic E-state index is -0.294. The summed E-state index contributed by atoms with van der Waals surface area (Å²) in [5.74, 6) is 0.460. The lowest BCUT2D eigenvalue weighted by Crippen LogP contribution is -2.12. The molecule has 1 N–H and O–H groups in total. The largest absolute Gasteiger partial charge is 0.497 e. The lowest BCUT2D eigenvalue weighted by Gasteiger charge is -2.04. The van der Waals surface area contributed by atoms with E-state index in [1.165, 1.54) is 11.3 Å². The second-order valence-corrected chi connectivity index (χ2v) is 6.78. The third kappa shape index (κ3) is 3.09. The van der Waals surface area contributed by atoms with Gasteiger partial charge in [-0.05, 0) is 36.4 Å². The van der Waals surface area contributed by atoms with Crippen molar-refractivity contribution >= 4 is 60.1 Å². The zero-order valence-corrected chi connectivity index (χ0v) is 14.6. The summed E-state index contributed by atoms with van der Waals surface area (Å²) in [5, 5.41) is 3.69. The number of nitrogens with zero attached hydrogens (tertiary/aromatic N) is 1. The quantitative estimate of drug-likeness (QED) is 0.678. The summed E-state index contributed by atoms with van der Waals surface area (Å²) < 4.78 is 6.91. The monoisotopic (exact) mass is 396 g/mol. The van der Waals surface area contributed by atoms with Crippen molar-refractivity contribution in [2.24, 2.45) is 0 Å². The first kappa shape index (κ1) is 15.3. The standard InChI is InChI=1S/C15H10BrClN2O2S/c1-21-9-3-5-12-13(7-9)22-15(18-12)19-14(20)10-6-8(16)2-4-11(10)17/h2-7H,1H3,(H,18,19,20). The van der Waals surface area contributed by atoms with Crippen LogP contribution >= 0.6 is 38.9 Å². The number of hydrogen-bond acceptors (Lipinski definition) is 4. The number of ether oxygens (including phenoxy) is 1.